The van der Waals surface area contributed by atoms with Gasteiger partial charge in [0.25, 0.3) is 5.91 Å². The lowest BCUT2D eigenvalue weighted by molar-refractivity contribution is -0.113. The van der Waals surface area contributed by atoms with Gasteiger partial charge in [0, 0.05) is 0 Å². The highest BCUT2D eigenvalue weighted by atomic mass is 35.5. The highest BCUT2D eigenvalue weighted by Crippen LogP contribution is 2.39. The molecule has 3 rings (SSSR count). The van der Waals surface area contributed by atoms with Crippen LogP contribution in [0.4, 0.5) is 5.69 Å². The van der Waals surface area contributed by atoms with Crippen LogP contribution in [0, 0.1) is 0 Å². The number of halogens is 1. The van der Waals surface area contributed by atoms with Gasteiger partial charge in [-0.25, -0.2) is 0 Å². The van der Waals surface area contributed by atoms with Gasteiger partial charge >= 0.3 is 0 Å². The Morgan fingerprint density at radius 2 is 1.83 bits per heavy atom. The summed E-state index contributed by atoms with van der Waals surface area (Å²) < 4.78 is 17.0. The quantitative estimate of drug-likeness (QED) is 0.374. The second kappa shape index (κ2) is 9.73. The number of rotatable bonds is 7. The summed E-state index contributed by atoms with van der Waals surface area (Å²) in [4.78, 5) is 15.0. The van der Waals surface area contributed by atoms with Gasteiger partial charge in [-0.1, -0.05) is 48.6 Å². The molecule has 1 fully saturated rings. The number of benzene rings is 2. The van der Waals surface area contributed by atoms with Crippen molar-refractivity contribution in [1.82, 2.24) is 0 Å². The van der Waals surface area contributed by atoms with Crippen molar-refractivity contribution in [2.75, 3.05) is 19.1 Å². The topological polar surface area (TPSA) is 48.0 Å². The van der Waals surface area contributed by atoms with Crippen molar-refractivity contribution < 1.29 is 19.0 Å². The van der Waals surface area contributed by atoms with E-state index in [2.05, 4.69) is 6.92 Å². The molecule has 0 aromatic heterocycles. The lowest BCUT2D eigenvalue weighted by atomic mass is 10.1. The molecular weight excluding hydrogens is 442 g/mol. The minimum atomic E-state index is -0.204. The second-order valence-electron chi connectivity index (χ2n) is 6.58. The zero-order valence-electron chi connectivity index (χ0n) is 17.1. The molecule has 0 spiro atoms. The first-order valence-corrected chi connectivity index (χ1v) is 10.9. The molecule has 0 N–H and O–H groups in total. The predicted octanol–water partition coefficient (Wildman–Crippen LogP) is 5.94. The number of ether oxygens (including phenoxy) is 3. The fourth-order valence-electron chi connectivity index (χ4n) is 2.81. The summed E-state index contributed by atoms with van der Waals surface area (Å²) >= 11 is 12.9. The van der Waals surface area contributed by atoms with Gasteiger partial charge in [0.1, 0.15) is 5.75 Å². The number of carbonyl (C=O) groups is 1. The second-order valence-corrected chi connectivity index (χ2v) is 8.67. The summed E-state index contributed by atoms with van der Waals surface area (Å²) in [6, 6.07) is 10.7. The maximum atomic E-state index is 13.0. The van der Waals surface area contributed by atoms with Crippen LogP contribution in [0.2, 0.25) is 5.02 Å². The highest BCUT2D eigenvalue weighted by Gasteiger charge is 2.33. The number of nitrogens with zero attached hydrogens (tertiary/aromatic N) is 1. The van der Waals surface area contributed by atoms with Crippen LogP contribution < -0.4 is 19.1 Å². The summed E-state index contributed by atoms with van der Waals surface area (Å²) in [5, 5.41) is 0.412. The van der Waals surface area contributed by atoms with E-state index in [0.717, 1.165) is 12.0 Å². The SMILES string of the molecule is CC[C@H](C)Oc1ccc(/C=C2\SC(=S)N(c3ccc(OC)c(Cl)c3)C2=O)cc1OC. The number of amides is 1. The van der Waals surface area contributed by atoms with Crippen LogP contribution in [-0.4, -0.2) is 30.6 Å². The number of thioether (sulfide) groups is 1. The average Bonchev–Trinajstić information content (AvgIpc) is 3.01. The lowest BCUT2D eigenvalue weighted by Gasteiger charge is -2.16. The highest BCUT2D eigenvalue weighted by molar-refractivity contribution is 8.27. The standard InChI is InChI=1S/C22H22ClNO4S2/c1-5-13(2)28-18-8-6-14(10-19(18)27-4)11-20-21(25)24(22(29)30-20)15-7-9-17(26-3)16(23)12-15/h6-13H,5H2,1-4H3/b20-11-/t13-/m0/s1. The minimum Gasteiger partial charge on any atom is -0.495 e. The van der Waals surface area contributed by atoms with Gasteiger partial charge in [-0.15, -0.1) is 0 Å². The van der Waals surface area contributed by atoms with E-state index in [1.807, 2.05) is 25.1 Å². The first-order chi connectivity index (χ1) is 14.4. The zero-order chi connectivity index (χ0) is 21.8. The smallest absolute Gasteiger partial charge is 0.270 e. The molecule has 8 heteroatoms. The number of carbonyl (C=O) groups excluding carboxylic acids is 1. The summed E-state index contributed by atoms with van der Waals surface area (Å²) in [5.41, 5.74) is 1.41. The van der Waals surface area contributed by atoms with E-state index in [1.165, 1.54) is 23.8 Å². The number of hydrogen-bond acceptors (Lipinski definition) is 6. The summed E-state index contributed by atoms with van der Waals surface area (Å²) in [7, 11) is 3.13. The van der Waals surface area contributed by atoms with E-state index in [0.29, 0.717) is 37.2 Å². The van der Waals surface area contributed by atoms with E-state index in [1.54, 1.807) is 31.4 Å². The average molecular weight is 464 g/mol. The number of anilines is 1. The third-order valence-corrected chi connectivity index (χ3v) is 6.17. The van der Waals surface area contributed by atoms with Crippen molar-refractivity contribution in [1.29, 1.82) is 0 Å². The van der Waals surface area contributed by atoms with E-state index in [9.17, 15) is 4.79 Å². The molecule has 1 heterocycles. The van der Waals surface area contributed by atoms with Gasteiger partial charge in [-0.3, -0.25) is 9.69 Å². The Labute approximate surface area is 190 Å². The molecule has 0 bridgehead atoms. The van der Waals surface area contributed by atoms with Gasteiger partial charge < -0.3 is 14.2 Å². The number of thiocarbonyl (C=S) groups is 1. The number of methoxy groups -OCH3 is 2. The molecular formula is C22H22ClNO4S2. The Kier molecular flexibility index (Phi) is 7.28. The van der Waals surface area contributed by atoms with Crippen LogP contribution >= 0.6 is 35.6 Å². The molecule has 0 unspecified atom stereocenters. The summed E-state index contributed by atoms with van der Waals surface area (Å²) in [5.74, 6) is 1.62. The number of hydrogen-bond donors (Lipinski definition) is 0. The monoisotopic (exact) mass is 463 g/mol. The Morgan fingerprint density at radius 1 is 1.13 bits per heavy atom. The molecule has 30 heavy (non-hydrogen) atoms. The normalized spacial score (nSPS) is 16.2. The fourth-order valence-corrected chi connectivity index (χ4v) is 4.36. The third kappa shape index (κ3) is 4.74. The third-order valence-electron chi connectivity index (χ3n) is 4.58. The molecule has 1 aliphatic rings. The van der Waals surface area contributed by atoms with E-state index >= 15 is 0 Å². The Balaban J connectivity index is 1.87. The van der Waals surface area contributed by atoms with Crippen LogP contribution in [0.25, 0.3) is 6.08 Å². The Hall–Kier alpha value is -2.22. The lowest BCUT2D eigenvalue weighted by Crippen LogP contribution is -2.27. The first-order valence-electron chi connectivity index (χ1n) is 9.34. The first kappa shape index (κ1) is 22.5. The minimum absolute atomic E-state index is 0.0809. The van der Waals surface area contributed by atoms with E-state index in [-0.39, 0.29) is 12.0 Å². The van der Waals surface area contributed by atoms with E-state index in [4.69, 9.17) is 38.0 Å². The van der Waals surface area contributed by atoms with Crippen LogP contribution in [0.5, 0.6) is 17.2 Å². The molecule has 1 atom stereocenters. The van der Waals surface area contributed by atoms with Gasteiger partial charge in [0.15, 0.2) is 15.8 Å². The molecule has 0 radical (unpaired) electrons. The maximum Gasteiger partial charge on any atom is 0.270 e. The molecule has 1 aliphatic heterocycles. The van der Waals surface area contributed by atoms with Crippen LogP contribution in [0.15, 0.2) is 41.3 Å². The Bertz CT molecular complexity index is 1010. The van der Waals surface area contributed by atoms with Gasteiger partial charge in [0.2, 0.25) is 0 Å². The van der Waals surface area contributed by atoms with Crippen LogP contribution in [0.3, 0.4) is 0 Å². The van der Waals surface area contributed by atoms with Gasteiger partial charge in [-0.2, -0.15) is 0 Å². The molecule has 2 aromatic rings. The van der Waals surface area contributed by atoms with Crippen molar-refractivity contribution in [2.45, 2.75) is 26.4 Å². The fraction of sp³-hybridized carbons (Fsp3) is 0.273. The predicted molar refractivity (Wildman–Crippen MR) is 127 cm³/mol. The Morgan fingerprint density at radius 3 is 2.47 bits per heavy atom. The van der Waals surface area contributed by atoms with Crippen molar-refractivity contribution >= 4 is 57.6 Å². The summed E-state index contributed by atoms with van der Waals surface area (Å²) in [6.45, 7) is 4.06. The van der Waals surface area contributed by atoms with Gasteiger partial charge in [0.05, 0.1) is 35.9 Å². The molecule has 1 amide bonds. The van der Waals surface area contributed by atoms with E-state index < -0.39 is 0 Å². The molecule has 5 nitrogen and oxygen atoms in total. The zero-order valence-corrected chi connectivity index (χ0v) is 19.5. The van der Waals surface area contributed by atoms with Crippen LogP contribution in [0.1, 0.15) is 25.8 Å². The van der Waals surface area contributed by atoms with Crippen molar-refractivity contribution in [3.8, 4) is 17.2 Å². The van der Waals surface area contributed by atoms with Crippen molar-refractivity contribution in [3.05, 3.63) is 51.9 Å². The van der Waals surface area contributed by atoms with Crippen molar-refractivity contribution in [3.63, 3.8) is 0 Å². The molecule has 158 valence electrons. The maximum absolute atomic E-state index is 13.0. The summed E-state index contributed by atoms with van der Waals surface area (Å²) in [6.07, 6.45) is 2.76. The van der Waals surface area contributed by atoms with Gasteiger partial charge in [-0.05, 0) is 55.3 Å². The largest absolute Gasteiger partial charge is 0.495 e. The molecule has 2 aromatic carbocycles. The van der Waals surface area contributed by atoms with Crippen LogP contribution in [-0.2, 0) is 4.79 Å². The van der Waals surface area contributed by atoms with Crippen molar-refractivity contribution in [2.24, 2.45) is 0 Å². The molecule has 0 saturated carbocycles. The molecule has 1 saturated heterocycles. The molecule has 0 aliphatic carbocycles.